The summed E-state index contributed by atoms with van der Waals surface area (Å²) in [6.07, 6.45) is 7.89. The van der Waals surface area contributed by atoms with E-state index in [1.807, 2.05) is 60.9 Å². The monoisotopic (exact) mass is 390 g/mol. The molecule has 0 amide bonds. The summed E-state index contributed by atoms with van der Waals surface area (Å²) >= 11 is 10.2. The molecule has 132 valence electrons. The Labute approximate surface area is 158 Å². The van der Waals surface area contributed by atoms with Gasteiger partial charge in [-0.3, -0.25) is 9.59 Å². The van der Waals surface area contributed by atoms with Crippen LogP contribution in [0.2, 0.25) is 0 Å². The van der Waals surface area contributed by atoms with Gasteiger partial charge in [-0.25, -0.2) is 9.97 Å². The maximum atomic E-state index is 10.7. The minimum absolute atomic E-state index is 0.894. The number of nitrogens with one attached hydrogen (secondary N) is 2. The lowest BCUT2D eigenvalue weighted by atomic mass is 10.1. The summed E-state index contributed by atoms with van der Waals surface area (Å²) in [5.74, 6) is -4.92. The minimum atomic E-state index is -1.23. The molecule has 1 aliphatic carbocycles. The summed E-state index contributed by atoms with van der Waals surface area (Å²) in [6, 6.07) is 12.0. The normalized spacial score (nSPS) is 14.5. The number of pyridine rings is 2. The highest BCUT2D eigenvalue weighted by molar-refractivity contribution is 6.55. The number of hydrogen-bond acceptors (Lipinski definition) is 4. The van der Waals surface area contributed by atoms with Gasteiger partial charge in [-0.15, -0.1) is 0 Å². The van der Waals surface area contributed by atoms with Gasteiger partial charge in [0.2, 0.25) is 11.4 Å². The molecular weight excluding hydrogens is 379 g/mol. The number of aromatic nitrogens is 2. The van der Waals surface area contributed by atoms with Crippen LogP contribution in [0.25, 0.3) is 12.2 Å². The van der Waals surface area contributed by atoms with Gasteiger partial charge in [0.25, 0.3) is 0 Å². The van der Waals surface area contributed by atoms with Gasteiger partial charge in [0.15, 0.2) is 24.0 Å². The first-order valence-electron chi connectivity index (χ1n) is 7.26. The fourth-order valence-electron chi connectivity index (χ4n) is 1.81. The van der Waals surface area contributed by atoms with Crippen LogP contribution in [0.1, 0.15) is 11.4 Å². The predicted octanol–water partition coefficient (Wildman–Crippen LogP) is 0.245. The zero-order chi connectivity index (χ0) is 19.1. The average Bonchev–Trinajstić information content (AvgIpc) is 2.70. The van der Waals surface area contributed by atoms with Gasteiger partial charge in [-0.05, 0) is 23.7 Å². The predicted molar refractivity (Wildman–Crippen MR) is 90.7 cm³/mol. The number of halogens is 2. The Morgan fingerprint density at radius 1 is 0.731 bits per heavy atom. The van der Waals surface area contributed by atoms with Gasteiger partial charge in [0.05, 0.1) is 10.1 Å². The maximum Gasteiger partial charge on any atom is 0.203 e. The van der Waals surface area contributed by atoms with Crippen molar-refractivity contribution in [2.45, 2.75) is 0 Å². The molecule has 2 N–H and O–H groups in total. The molecule has 0 aliphatic heterocycles. The Hall–Kier alpha value is -2.96. The molecule has 0 aromatic carbocycles. The Morgan fingerprint density at radius 3 is 1.42 bits per heavy atom. The highest BCUT2D eigenvalue weighted by atomic mass is 35.5. The van der Waals surface area contributed by atoms with Gasteiger partial charge in [0, 0.05) is 36.4 Å². The van der Waals surface area contributed by atoms with Crippen molar-refractivity contribution in [3.63, 3.8) is 0 Å². The summed E-state index contributed by atoms with van der Waals surface area (Å²) in [6.45, 7) is 0. The van der Waals surface area contributed by atoms with E-state index in [2.05, 4.69) is 9.97 Å². The first-order chi connectivity index (χ1) is 12.4. The molecule has 26 heavy (non-hydrogen) atoms. The molecule has 8 heteroatoms. The van der Waals surface area contributed by atoms with Gasteiger partial charge < -0.3 is 10.2 Å². The number of hydrogen-bond donors (Lipinski definition) is 0. The molecule has 0 fully saturated rings. The van der Waals surface area contributed by atoms with Gasteiger partial charge >= 0.3 is 0 Å². The zero-order valence-corrected chi connectivity index (χ0v) is 14.7. The van der Waals surface area contributed by atoms with Crippen molar-refractivity contribution in [2.75, 3.05) is 0 Å². The lowest BCUT2D eigenvalue weighted by molar-refractivity contribution is -0.382. The zero-order valence-electron chi connectivity index (χ0n) is 13.2. The second kappa shape index (κ2) is 8.94. The van der Waals surface area contributed by atoms with Crippen LogP contribution in [0.15, 0.2) is 70.4 Å². The molecule has 2 heterocycles. The number of Topliss-reactive ketones (excluding diaryl/α,β-unsaturated/α-hetero) is 2. The molecule has 0 saturated heterocycles. The van der Waals surface area contributed by atoms with E-state index in [0.717, 1.165) is 11.4 Å². The summed E-state index contributed by atoms with van der Waals surface area (Å²) in [4.78, 5) is 27.7. The number of H-pyrrole nitrogens is 2. The van der Waals surface area contributed by atoms with Crippen LogP contribution < -0.4 is 20.2 Å². The number of rotatable bonds is 2. The molecule has 3 rings (SSSR count). The molecule has 0 bridgehead atoms. The van der Waals surface area contributed by atoms with Crippen LogP contribution >= 0.6 is 23.2 Å². The number of carbonyl (C=O) groups is 2. The number of carbonyl (C=O) groups excluding carboxylic acids is 2. The molecule has 0 radical (unpaired) electrons. The lowest BCUT2D eigenvalue weighted by Crippen LogP contribution is -2.31. The van der Waals surface area contributed by atoms with Crippen molar-refractivity contribution in [3.8, 4) is 0 Å². The largest absolute Gasteiger partial charge is 0.869 e. The van der Waals surface area contributed by atoms with Crippen LogP contribution in [0, 0.1) is 0 Å². The molecule has 0 spiro atoms. The fourth-order valence-corrected chi connectivity index (χ4v) is 2.15. The molecule has 0 unspecified atom stereocenters. The van der Waals surface area contributed by atoms with Gasteiger partial charge in [-0.1, -0.05) is 23.2 Å². The van der Waals surface area contributed by atoms with Crippen molar-refractivity contribution in [3.05, 3.63) is 81.8 Å². The minimum Gasteiger partial charge on any atom is -0.869 e. The summed E-state index contributed by atoms with van der Waals surface area (Å²) in [7, 11) is 0. The quantitative estimate of drug-likeness (QED) is 0.684. The van der Waals surface area contributed by atoms with Crippen molar-refractivity contribution >= 4 is 46.9 Å². The van der Waals surface area contributed by atoms with Crippen LogP contribution in [0.3, 0.4) is 0 Å². The van der Waals surface area contributed by atoms with E-state index in [9.17, 15) is 19.8 Å². The SMILES string of the molecule is C(=C\c1cccc[nH+]1)/c1cccc[nH+]1.O=C1C([O-])=C(Cl)C(=O)C([O-])=C1Cl. The first-order valence-corrected chi connectivity index (χ1v) is 8.02. The number of aromatic amines is 2. The Kier molecular flexibility index (Phi) is 6.66. The summed E-state index contributed by atoms with van der Waals surface area (Å²) < 4.78 is 0. The van der Waals surface area contributed by atoms with E-state index in [0.29, 0.717) is 0 Å². The topological polar surface area (TPSA) is 109 Å². The Bertz CT molecular complexity index is 804. The third-order valence-electron chi connectivity index (χ3n) is 3.12. The Morgan fingerprint density at radius 2 is 1.12 bits per heavy atom. The van der Waals surface area contributed by atoms with E-state index < -0.39 is 33.1 Å². The van der Waals surface area contributed by atoms with Crippen molar-refractivity contribution < 1.29 is 29.8 Å². The molecule has 6 nitrogen and oxygen atoms in total. The molecule has 2 aromatic rings. The second-order valence-corrected chi connectivity index (χ2v) is 5.67. The van der Waals surface area contributed by atoms with Crippen LogP contribution in [-0.2, 0) is 9.59 Å². The van der Waals surface area contributed by atoms with E-state index in [1.54, 1.807) is 0 Å². The third-order valence-corrected chi connectivity index (χ3v) is 3.81. The summed E-state index contributed by atoms with van der Waals surface area (Å²) in [5, 5.41) is 19.6. The molecule has 0 atom stereocenters. The molecule has 1 aliphatic rings. The Balaban J connectivity index is 0.000000190. The van der Waals surface area contributed by atoms with Gasteiger partial charge in [-0.2, -0.15) is 0 Å². The number of allylic oxidation sites excluding steroid dienone is 2. The maximum absolute atomic E-state index is 10.7. The highest BCUT2D eigenvalue weighted by Gasteiger charge is 2.22. The second-order valence-electron chi connectivity index (χ2n) is 4.91. The average molecular weight is 391 g/mol. The van der Waals surface area contributed by atoms with E-state index >= 15 is 0 Å². The van der Waals surface area contributed by atoms with E-state index in [4.69, 9.17) is 23.2 Å². The number of ketones is 2. The molecular formula is C18H12Cl2N2O4. The van der Waals surface area contributed by atoms with Crippen LogP contribution in [0.5, 0.6) is 0 Å². The van der Waals surface area contributed by atoms with Crippen LogP contribution in [-0.4, -0.2) is 11.6 Å². The molecule has 0 saturated carbocycles. The van der Waals surface area contributed by atoms with Gasteiger partial charge in [0.1, 0.15) is 0 Å². The van der Waals surface area contributed by atoms with Crippen LogP contribution in [0.4, 0.5) is 0 Å². The van der Waals surface area contributed by atoms with E-state index in [-0.39, 0.29) is 0 Å². The molecule has 2 aromatic heterocycles. The van der Waals surface area contributed by atoms with Crippen molar-refractivity contribution in [2.24, 2.45) is 0 Å². The van der Waals surface area contributed by atoms with Crippen molar-refractivity contribution in [1.82, 2.24) is 0 Å². The fraction of sp³-hybridized carbons (Fsp3) is 0. The lowest BCUT2D eigenvalue weighted by Gasteiger charge is -2.23. The van der Waals surface area contributed by atoms with Crippen molar-refractivity contribution in [1.29, 1.82) is 0 Å². The standard InChI is InChI=1S/C12H10N2.C6H2Cl2O4/c1-3-9-13-11(5-1)7-8-12-6-2-4-10-14-12;7-1-3(9)5(11)2(8)6(12)4(1)10/h1-10H;9,12H/b8-7+;. The summed E-state index contributed by atoms with van der Waals surface area (Å²) in [5.41, 5.74) is 2.18. The van der Waals surface area contributed by atoms with E-state index in [1.165, 1.54) is 0 Å². The first kappa shape index (κ1) is 19.4. The highest BCUT2D eigenvalue weighted by Crippen LogP contribution is 2.23. The third kappa shape index (κ3) is 4.78. The smallest absolute Gasteiger partial charge is 0.203 e.